The van der Waals surface area contributed by atoms with Crippen LogP contribution in [-0.2, 0) is 6.42 Å². The van der Waals surface area contributed by atoms with E-state index in [1.54, 1.807) is 11.3 Å². The smallest absolute Gasteiger partial charge is 0.187 e. The number of rotatable bonds is 3. The van der Waals surface area contributed by atoms with Gasteiger partial charge in [0.15, 0.2) is 5.13 Å². The highest BCUT2D eigenvalue weighted by molar-refractivity contribution is 9.10. The summed E-state index contributed by atoms with van der Waals surface area (Å²) in [6.45, 7) is 2.11. The minimum Gasteiger partial charge on any atom is -0.332 e. The van der Waals surface area contributed by atoms with E-state index < -0.39 is 0 Å². The lowest BCUT2D eigenvalue weighted by Gasteiger charge is -2.01. The molecule has 1 aromatic heterocycles. The van der Waals surface area contributed by atoms with Gasteiger partial charge in [0.25, 0.3) is 0 Å². The summed E-state index contributed by atoms with van der Waals surface area (Å²) in [5, 5.41) is 6.31. The topological polar surface area (TPSA) is 24.9 Å². The van der Waals surface area contributed by atoms with Crippen LogP contribution in [0.15, 0.2) is 34.1 Å². The van der Waals surface area contributed by atoms with Gasteiger partial charge in [-0.2, -0.15) is 0 Å². The van der Waals surface area contributed by atoms with Crippen LogP contribution in [0.5, 0.6) is 0 Å². The van der Waals surface area contributed by atoms with Crippen molar-refractivity contribution in [2.45, 2.75) is 13.3 Å². The molecule has 0 fully saturated rings. The largest absolute Gasteiger partial charge is 0.332 e. The Labute approximate surface area is 101 Å². The van der Waals surface area contributed by atoms with Gasteiger partial charge in [0.05, 0.1) is 5.69 Å². The molecule has 0 amide bonds. The highest BCUT2D eigenvalue weighted by Crippen LogP contribution is 2.22. The molecule has 0 atom stereocenters. The number of thiazole rings is 1. The van der Waals surface area contributed by atoms with Gasteiger partial charge in [-0.05, 0) is 30.7 Å². The van der Waals surface area contributed by atoms with Crippen molar-refractivity contribution in [3.63, 3.8) is 0 Å². The molecular weight excluding hydrogens is 272 g/mol. The van der Waals surface area contributed by atoms with Crippen molar-refractivity contribution in [1.82, 2.24) is 4.98 Å². The Hall–Kier alpha value is -0.870. The monoisotopic (exact) mass is 282 g/mol. The molecule has 1 N–H and O–H groups in total. The van der Waals surface area contributed by atoms with Crippen LogP contribution in [0.25, 0.3) is 0 Å². The zero-order chi connectivity index (χ0) is 10.7. The van der Waals surface area contributed by atoms with Gasteiger partial charge in [0.2, 0.25) is 0 Å². The van der Waals surface area contributed by atoms with E-state index in [1.165, 1.54) is 0 Å². The van der Waals surface area contributed by atoms with Gasteiger partial charge in [-0.15, -0.1) is 11.3 Å². The highest BCUT2D eigenvalue weighted by Gasteiger charge is 2.00. The second-order valence-corrected chi connectivity index (χ2v) is 4.90. The van der Waals surface area contributed by atoms with Crippen LogP contribution in [0.3, 0.4) is 0 Å². The van der Waals surface area contributed by atoms with Gasteiger partial charge in [-0.1, -0.05) is 22.9 Å². The minimum absolute atomic E-state index is 0.953. The van der Waals surface area contributed by atoms with Crippen LogP contribution in [-0.4, -0.2) is 4.98 Å². The molecular formula is C11H11BrN2S. The second-order valence-electron chi connectivity index (χ2n) is 3.13. The number of hydrogen-bond donors (Lipinski definition) is 1. The molecule has 1 heterocycles. The van der Waals surface area contributed by atoms with E-state index >= 15 is 0 Å². The summed E-state index contributed by atoms with van der Waals surface area (Å²) >= 11 is 5.04. The Balaban J connectivity index is 2.11. The summed E-state index contributed by atoms with van der Waals surface area (Å²) in [7, 11) is 0. The molecule has 0 radical (unpaired) electrons. The van der Waals surface area contributed by atoms with E-state index in [2.05, 4.69) is 38.5 Å². The fraction of sp³-hybridized carbons (Fsp3) is 0.182. The van der Waals surface area contributed by atoms with E-state index in [-0.39, 0.29) is 0 Å². The summed E-state index contributed by atoms with van der Waals surface area (Å²) in [6.07, 6.45) is 0.985. The standard InChI is InChI=1S/C11H11BrN2S/c1-2-9-7-15-11(13-9)14-10-5-3-8(12)4-6-10/h3-7H,2H2,1H3,(H,13,14). The summed E-state index contributed by atoms with van der Waals surface area (Å²) in [4.78, 5) is 4.44. The predicted octanol–water partition coefficient (Wildman–Crippen LogP) is 4.21. The van der Waals surface area contributed by atoms with Crippen LogP contribution in [0.1, 0.15) is 12.6 Å². The van der Waals surface area contributed by atoms with Crippen LogP contribution in [0.2, 0.25) is 0 Å². The van der Waals surface area contributed by atoms with Crippen molar-refractivity contribution in [1.29, 1.82) is 0 Å². The van der Waals surface area contributed by atoms with Gasteiger partial charge in [0, 0.05) is 15.5 Å². The Kier molecular flexibility index (Phi) is 3.38. The molecule has 2 nitrogen and oxygen atoms in total. The van der Waals surface area contributed by atoms with Crippen LogP contribution in [0, 0.1) is 0 Å². The van der Waals surface area contributed by atoms with Crippen molar-refractivity contribution in [2.24, 2.45) is 0 Å². The first kappa shape index (κ1) is 10.6. The maximum atomic E-state index is 4.44. The molecule has 0 bridgehead atoms. The lowest BCUT2D eigenvalue weighted by atomic mass is 10.3. The highest BCUT2D eigenvalue weighted by atomic mass is 79.9. The number of aromatic nitrogens is 1. The fourth-order valence-corrected chi connectivity index (χ4v) is 2.26. The number of nitrogens with one attached hydrogen (secondary N) is 1. The number of nitrogens with zero attached hydrogens (tertiary/aromatic N) is 1. The summed E-state index contributed by atoms with van der Waals surface area (Å²) in [5.74, 6) is 0. The van der Waals surface area contributed by atoms with Crippen molar-refractivity contribution < 1.29 is 0 Å². The molecule has 0 spiro atoms. The van der Waals surface area contributed by atoms with Gasteiger partial charge in [0.1, 0.15) is 0 Å². The third-order valence-electron chi connectivity index (χ3n) is 2.01. The molecule has 78 valence electrons. The summed E-state index contributed by atoms with van der Waals surface area (Å²) < 4.78 is 1.08. The first-order valence-corrected chi connectivity index (χ1v) is 6.42. The Morgan fingerprint density at radius 2 is 2.07 bits per heavy atom. The molecule has 0 aliphatic carbocycles. The third kappa shape index (κ3) is 2.79. The third-order valence-corrected chi connectivity index (χ3v) is 3.34. The van der Waals surface area contributed by atoms with E-state index in [4.69, 9.17) is 0 Å². The lowest BCUT2D eigenvalue weighted by molar-refractivity contribution is 1.06. The van der Waals surface area contributed by atoms with Crippen molar-refractivity contribution in [3.05, 3.63) is 39.8 Å². The molecule has 0 aliphatic rings. The van der Waals surface area contributed by atoms with Crippen LogP contribution >= 0.6 is 27.3 Å². The van der Waals surface area contributed by atoms with E-state index in [1.807, 2.05) is 24.3 Å². The zero-order valence-electron chi connectivity index (χ0n) is 8.33. The zero-order valence-corrected chi connectivity index (χ0v) is 10.7. The predicted molar refractivity (Wildman–Crippen MR) is 68.9 cm³/mol. The number of benzene rings is 1. The first-order chi connectivity index (χ1) is 7.28. The van der Waals surface area contributed by atoms with Gasteiger partial charge >= 0.3 is 0 Å². The molecule has 0 aliphatic heterocycles. The van der Waals surface area contributed by atoms with Gasteiger partial charge < -0.3 is 5.32 Å². The summed E-state index contributed by atoms with van der Waals surface area (Å²) in [5.41, 5.74) is 2.20. The minimum atomic E-state index is 0.953. The van der Waals surface area contributed by atoms with E-state index in [0.717, 1.165) is 27.4 Å². The molecule has 0 saturated carbocycles. The number of hydrogen-bond acceptors (Lipinski definition) is 3. The van der Waals surface area contributed by atoms with E-state index in [0.29, 0.717) is 0 Å². The average Bonchev–Trinajstić information content (AvgIpc) is 2.69. The van der Waals surface area contributed by atoms with Crippen molar-refractivity contribution in [2.75, 3.05) is 5.32 Å². The number of halogens is 1. The molecule has 0 saturated heterocycles. The first-order valence-electron chi connectivity index (χ1n) is 4.75. The molecule has 15 heavy (non-hydrogen) atoms. The Bertz CT molecular complexity index is 436. The normalized spacial score (nSPS) is 10.3. The van der Waals surface area contributed by atoms with Gasteiger partial charge in [-0.3, -0.25) is 0 Å². The van der Waals surface area contributed by atoms with Crippen LogP contribution in [0.4, 0.5) is 10.8 Å². The molecule has 2 rings (SSSR count). The Morgan fingerprint density at radius 1 is 1.33 bits per heavy atom. The molecule has 0 unspecified atom stereocenters. The van der Waals surface area contributed by atoms with E-state index in [9.17, 15) is 0 Å². The van der Waals surface area contributed by atoms with Gasteiger partial charge in [-0.25, -0.2) is 4.98 Å². The lowest BCUT2D eigenvalue weighted by Crippen LogP contribution is -1.89. The van der Waals surface area contributed by atoms with Crippen LogP contribution < -0.4 is 5.32 Å². The quantitative estimate of drug-likeness (QED) is 0.912. The number of anilines is 2. The van der Waals surface area contributed by atoms with Crippen molar-refractivity contribution in [3.8, 4) is 0 Å². The SMILES string of the molecule is CCc1csc(Nc2ccc(Br)cc2)n1. The fourth-order valence-electron chi connectivity index (χ4n) is 1.18. The molecule has 1 aromatic carbocycles. The summed E-state index contributed by atoms with van der Waals surface area (Å²) in [6, 6.07) is 8.07. The molecule has 2 aromatic rings. The maximum Gasteiger partial charge on any atom is 0.187 e. The van der Waals surface area contributed by atoms with Crippen molar-refractivity contribution >= 4 is 38.1 Å². The maximum absolute atomic E-state index is 4.44. The average molecular weight is 283 g/mol. The second kappa shape index (κ2) is 4.77. The Morgan fingerprint density at radius 3 is 2.67 bits per heavy atom. The number of aryl methyl sites for hydroxylation is 1. The molecule has 4 heteroatoms.